The predicted molar refractivity (Wildman–Crippen MR) is 108 cm³/mol. The number of nitrogens with one attached hydrogen (secondary N) is 1. The molecule has 2 unspecified atom stereocenters. The second-order valence-electron chi connectivity index (χ2n) is 6.78. The maximum Gasteiger partial charge on any atom is 0.267 e. The second-order valence-corrected chi connectivity index (χ2v) is 6.78. The van der Waals surface area contributed by atoms with Crippen LogP contribution < -0.4 is 10.3 Å². The van der Waals surface area contributed by atoms with E-state index in [1.807, 2.05) is 13.3 Å². The Hall–Kier alpha value is -1.65. The number of nitrogens with zero attached hydrogens (tertiary/aromatic N) is 3. The largest absolute Gasteiger partial charge is 0.267 e. The standard InChI is InChI=1S/C21H35N4/c1-5-7-8-9-13-18-25(19(3)16-17-23-21(25)22-4)24(6-2)20-14-11-10-12-15-20/h10-12,14-17,21-22H,5-9,13,18H2,1-4H3/q+1. The quantitative estimate of drug-likeness (QED) is 0.492. The van der Waals surface area contributed by atoms with E-state index in [2.05, 4.69) is 67.5 Å². The van der Waals surface area contributed by atoms with Gasteiger partial charge in [0.05, 0.1) is 12.2 Å². The summed E-state index contributed by atoms with van der Waals surface area (Å²) in [4.78, 5) is 4.78. The molecule has 0 radical (unpaired) electrons. The first kappa shape index (κ1) is 19.7. The molecule has 1 aromatic carbocycles. The van der Waals surface area contributed by atoms with Gasteiger partial charge in [0.2, 0.25) is 0 Å². The topological polar surface area (TPSA) is 27.6 Å². The maximum atomic E-state index is 4.78. The smallest absolute Gasteiger partial charge is 0.248 e. The molecule has 0 fully saturated rings. The first-order valence-electron chi connectivity index (χ1n) is 9.79. The molecule has 4 nitrogen and oxygen atoms in total. The van der Waals surface area contributed by atoms with Crippen LogP contribution in [0.4, 0.5) is 5.69 Å². The lowest BCUT2D eigenvalue weighted by atomic mass is 10.1. The molecule has 25 heavy (non-hydrogen) atoms. The molecule has 1 aliphatic rings. The molecule has 138 valence electrons. The Morgan fingerprint density at radius 1 is 1.08 bits per heavy atom. The summed E-state index contributed by atoms with van der Waals surface area (Å²) in [5, 5.41) is 5.94. The average molecular weight is 344 g/mol. The third-order valence-electron chi connectivity index (χ3n) is 5.20. The van der Waals surface area contributed by atoms with Gasteiger partial charge in [0.25, 0.3) is 6.29 Å². The molecule has 0 spiro atoms. The first-order valence-corrected chi connectivity index (χ1v) is 9.79. The summed E-state index contributed by atoms with van der Waals surface area (Å²) >= 11 is 0. The van der Waals surface area contributed by atoms with Crippen molar-refractivity contribution in [2.45, 2.75) is 59.2 Å². The van der Waals surface area contributed by atoms with E-state index in [0.717, 1.165) is 17.7 Å². The Balaban J connectivity index is 2.33. The lowest BCUT2D eigenvalue weighted by Gasteiger charge is -2.50. The zero-order valence-electron chi connectivity index (χ0n) is 16.4. The number of benzene rings is 1. The van der Waals surface area contributed by atoms with Crippen LogP contribution in [0.1, 0.15) is 52.9 Å². The summed E-state index contributed by atoms with van der Waals surface area (Å²) in [6.45, 7) is 8.76. The maximum absolute atomic E-state index is 4.78. The van der Waals surface area contributed by atoms with Crippen molar-refractivity contribution in [3.05, 3.63) is 42.1 Å². The third-order valence-corrected chi connectivity index (χ3v) is 5.20. The number of aliphatic imine (C=N–C) groups is 1. The fraction of sp³-hybridized carbons (Fsp3) is 0.571. The normalized spacial score (nSPS) is 22.7. The number of allylic oxidation sites excluding steroid dienone is 2. The molecule has 1 N–H and O–H groups in total. The monoisotopic (exact) mass is 343 g/mol. The highest BCUT2D eigenvalue weighted by atomic mass is 15.8. The number of hydrogen-bond donors (Lipinski definition) is 1. The zero-order chi connectivity index (χ0) is 18.1. The van der Waals surface area contributed by atoms with Crippen molar-refractivity contribution < 1.29 is 4.59 Å². The summed E-state index contributed by atoms with van der Waals surface area (Å²) in [7, 11) is 2.02. The van der Waals surface area contributed by atoms with E-state index in [9.17, 15) is 0 Å². The van der Waals surface area contributed by atoms with Gasteiger partial charge in [-0.1, -0.05) is 44.4 Å². The highest BCUT2D eigenvalue weighted by molar-refractivity contribution is 5.72. The number of rotatable bonds is 10. The molecule has 1 aliphatic heterocycles. The predicted octanol–water partition coefficient (Wildman–Crippen LogP) is 4.71. The minimum absolute atomic E-state index is 0.0244. The Morgan fingerprint density at radius 3 is 2.44 bits per heavy atom. The molecule has 0 amide bonds. The van der Waals surface area contributed by atoms with Gasteiger partial charge < -0.3 is 0 Å². The van der Waals surface area contributed by atoms with Crippen LogP contribution in [-0.2, 0) is 0 Å². The van der Waals surface area contributed by atoms with Gasteiger partial charge in [-0.3, -0.25) is 0 Å². The Kier molecular flexibility index (Phi) is 7.66. The summed E-state index contributed by atoms with van der Waals surface area (Å²) in [6, 6.07) is 10.7. The molecule has 0 aliphatic carbocycles. The average Bonchev–Trinajstić information content (AvgIpc) is 2.65. The number of quaternary nitrogens is 1. The van der Waals surface area contributed by atoms with E-state index in [4.69, 9.17) is 4.99 Å². The van der Waals surface area contributed by atoms with E-state index >= 15 is 0 Å². The van der Waals surface area contributed by atoms with E-state index in [-0.39, 0.29) is 6.29 Å². The third kappa shape index (κ3) is 4.31. The van der Waals surface area contributed by atoms with Gasteiger partial charge in [0.15, 0.2) is 0 Å². The minimum atomic E-state index is 0.0244. The van der Waals surface area contributed by atoms with Crippen LogP contribution in [0.15, 0.2) is 47.1 Å². The van der Waals surface area contributed by atoms with Crippen molar-refractivity contribution >= 4 is 11.9 Å². The molecule has 0 saturated heterocycles. The van der Waals surface area contributed by atoms with Crippen LogP contribution in [0.5, 0.6) is 0 Å². The number of anilines is 1. The lowest BCUT2D eigenvalue weighted by Crippen LogP contribution is -2.68. The highest BCUT2D eigenvalue weighted by Gasteiger charge is 2.45. The summed E-state index contributed by atoms with van der Waals surface area (Å²) in [6.07, 6.45) is 10.6. The van der Waals surface area contributed by atoms with Crippen molar-refractivity contribution in [3.8, 4) is 0 Å². The van der Waals surface area contributed by atoms with Gasteiger partial charge in [0.1, 0.15) is 12.2 Å². The molecule has 0 saturated carbocycles. The summed E-state index contributed by atoms with van der Waals surface area (Å²) in [5.41, 5.74) is 2.60. The number of hydrogen-bond acceptors (Lipinski definition) is 3. The Labute approximate surface area is 153 Å². The van der Waals surface area contributed by atoms with Crippen LogP contribution in [-0.4, -0.2) is 37.2 Å². The van der Waals surface area contributed by atoms with Crippen LogP contribution in [0.25, 0.3) is 0 Å². The molecule has 1 heterocycles. The van der Waals surface area contributed by atoms with Gasteiger partial charge in [-0.2, -0.15) is 4.59 Å². The van der Waals surface area contributed by atoms with E-state index in [0.29, 0.717) is 0 Å². The zero-order valence-corrected chi connectivity index (χ0v) is 16.4. The van der Waals surface area contributed by atoms with Crippen molar-refractivity contribution in [2.24, 2.45) is 4.99 Å². The number of unbranched alkanes of at least 4 members (excludes halogenated alkanes) is 4. The molecule has 2 rings (SSSR count). The molecule has 0 aromatic heterocycles. The molecular weight excluding hydrogens is 308 g/mol. The van der Waals surface area contributed by atoms with Crippen LogP contribution in [0.3, 0.4) is 0 Å². The van der Waals surface area contributed by atoms with Crippen LogP contribution in [0.2, 0.25) is 0 Å². The van der Waals surface area contributed by atoms with E-state index in [1.165, 1.54) is 43.5 Å². The van der Waals surface area contributed by atoms with Crippen LogP contribution >= 0.6 is 0 Å². The lowest BCUT2D eigenvalue weighted by molar-refractivity contribution is -0.927. The minimum Gasteiger partial charge on any atom is -0.248 e. The molecule has 4 heteroatoms. The van der Waals surface area contributed by atoms with Gasteiger partial charge in [-0.05, 0) is 38.9 Å². The Bertz CT molecular complexity index is 567. The van der Waals surface area contributed by atoms with Gasteiger partial charge in [0, 0.05) is 19.2 Å². The fourth-order valence-corrected chi connectivity index (χ4v) is 3.89. The first-order chi connectivity index (χ1) is 12.2. The van der Waals surface area contributed by atoms with Crippen molar-refractivity contribution in [1.29, 1.82) is 0 Å². The molecular formula is C21H35N4+. The van der Waals surface area contributed by atoms with Crippen molar-refractivity contribution in [1.82, 2.24) is 5.32 Å². The van der Waals surface area contributed by atoms with E-state index < -0.39 is 0 Å². The Morgan fingerprint density at radius 2 is 1.80 bits per heavy atom. The second kappa shape index (κ2) is 9.73. The number of para-hydroxylation sites is 1. The van der Waals surface area contributed by atoms with Gasteiger partial charge in [-0.25, -0.2) is 15.3 Å². The van der Waals surface area contributed by atoms with E-state index in [1.54, 1.807) is 0 Å². The fourth-order valence-electron chi connectivity index (χ4n) is 3.89. The highest BCUT2D eigenvalue weighted by Crippen LogP contribution is 2.33. The molecule has 1 aromatic rings. The summed E-state index contributed by atoms with van der Waals surface area (Å²) < 4.78 is 0.750. The molecule has 0 bridgehead atoms. The SMILES string of the molecule is CCCCCCC[N+]1(N(CC)c2ccccc2)C(C)=CC=NC1NC. The van der Waals surface area contributed by atoms with Gasteiger partial charge in [-0.15, -0.1) is 0 Å². The van der Waals surface area contributed by atoms with Gasteiger partial charge >= 0.3 is 0 Å². The molecule has 2 atom stereocenters. The summed E-state index contributed by atoms with van der Waals surface area (Å²) in [5.74, 6) is 0. The van der Waals surface area contributed by atoms with Crippen molar-refractivity contribution in [2.75, 3.05) is 25.1 Å². The van der Waals surface area contributed by atoms with Crippen LogP contribution in [0, 0.1) is 0 Å². The van der Waals surface area contributed by atoms with Crippen molar-refractivity contribution in [3.63, 3.8) is 0 Å².